The standard InChI is InChI=1S/C15H17N5O3S/c1-4-9-19-11(3)17-18-15(19)24-10(2)14(21)16-12-7-5-6-8-13(12)20(22)23/h4-8,10H,1,9H2,2-3H3,(H,16,21)/t10-/m0/s1. The number of hydrogen-bond acceptors (Lipinski definition) is 6. The number of nitrogens with zero attached hydrogens (tertiary/aromatic N) is 4. The van der Waals surface area contributed by atoms with Crippen LogP contribution in [0.4, 0.5) is 11.4 Å². The highest BCUT2D eigenvalue weighted by molar-refractivity contribution is 8.00. The Kier molecular flexibility index (Phi) is 5.69. The average Bonchev–Trinajstić information content (AvgIpc) is 2.88. The number of carbonyl (C=O) groups is 1. The third kappa shape index (κ3) is 3.99. The first-order valence-electron chi connectivity index (χ1n) is 7.15. The molecule has 1 aromatic carbocycles. The van der Waals surface area contributed by atoms with Crippen LogP contribution >= 0.6 is 11.8 Å². The van der Waals surface area contributed by atoms with Crippen LogP contribution in [-0.4, -0.2) is 30.8 Å². The maximum absolute atomic E-state index is 12.3. The number of allylic oxidation sites excluding steroid dienone is 1. The van der Waals surface area contributed by atoms with Gasteiger partial charge in [0.05, 0.1) is 10.2 Å². The monoisotopic (exact) mass is 347 g/mol. The van der Waals surface area contributed by atoms with E-state index in [0.29, 0.717) is 11.7 Å². The van der Waals surface area contributed by atoms with Crippen molar-refractivity contribution in [2.45, 2.75) is 30.8 Å². The van der Waals surface area contributed by atoms with Gasteiger partial charge in [0.25, 0.3) is 5.69 Å². The second-order valence-corrected chi connectivity index (χ2v) is 6.26. The number of anilines is 1. The minimum absolute atomic E-state index is 0.145. The fraction of sp³-hybridized carbons (Fsp3) is 0.267. The van der Waals surface area contributed by atoms with Crippen LogP contribution < -0.4 is 5.32 Å². The lowest BCUT2D eigenvalue weighted by Gasteiger charge is -2.12. The van der Waals surface area contributed by atoms with E-state index < -0.39 is 10.2 Å². The number of nitrogens with one attached hydrogen (secondary N) is 1. The van der Waals surface area contributed by atoms with Crippen molar-refractivity contribution in [3.05, 3.63) is 52.9 Å². The molecule has 8 nitrogen and oxygen atoms in total. The molecule has 24 heavy (non-hydrogen) atoms. The highest BCUT2D eigenvalue weighted by atomic mass is 32.2. The fourth-order valence-electron chi connectivity index (χ4n) is 1.97. The minimum Gasteiger partial charge on any atom is -0.319 e. The summed E-state index contributed by atoms with van der Waals surface area (Å²) in [6.45, 7) is 7.75. The second-order valence-electron chi connectivity index (χ2n) is 4.95. The number of hydrogen-bond donors (Lipinski definition) is 1. The molecule has 1 amide bonds. The van der Waals surface area contributed by atoms with Gasteiger partial charge in [0.15, 0.2) is 5.16 Å². The molecule has 0 radical (unpaired) electrons. The molecule has 0 bridgehead atoms. The zero-order chi connectivity index (χ0) is 17.7. The molecule has 126 valence electrons. The van der Waals surface area contributed by atoms with Gasteiger partial charge in [-0.1, -0.05) is 30.0 Å². The molecule has 2 aromatic rings. The van der Waals surface area contributed by atoms with E-state index in [1.165, 1.54) is 23.9 Å². The van der Waals surface area contributed by atoms with Gasteiger partial charge in [0.1, 0.15) is 11.5 Å². The number of amides is 1. The SMILES string of the molecule is C=CCn1c(C)nnc1S[C@@H](C)C(=O)Nc1ccccc1[N+](=O)[O-]. The van der Waals surface area contributed by atoms with Gasteiger partial charge in [-0.3, -0.25) is 14.9 Å². The number of nitro groups is 1. The summed E-state index contributed by atoms with van der Waals surface area (Å²) >= 11 is 1.23. The molecule has 0 saturated heterocycles. The zero-order valence-electron chi connectivity index (χ0n) is 13.3. The number of aromatic nitrogens is 3. The molecule has 0 spiro atoms. The van der Waals surface area contributed by atoms with E-state index in [4.69, 9.17) is 0 Å². The molecule has 0 unspecified atom stereocenters. The molecule has 1 heterocycles. The Hall–Kier alpha value is -2.68. The molecule has 1 atom stereocenters. The quantitative estimate of drug-likeness (QED) is 0.357. The first kappa shape index (κ1) is 17.7. The predicted molar refractivity (Wildman–Crippen MR) is 92.0 cm³/mol. The molecule has 0 aliphatic rings. The average molecular weight is 347 g/mol. The Morgan fingerprint density at radius 3 is 2.88 bits per heavy atom. The molecular weight excluding hydrogens is 330 g/mol. The molecule has 0 fully saturated rings. The van der Waals surface area contributed by atoms with Gasteiger partial charge in [0.2, 0.25) is 5.91 Å². The molecule has 0 aliphatic heterocycles. The van der Waals surface area contributed by atoms with Gasteiger partial charge in [-0.25, -0.2) is 0 Å². The van der Waals surface area contributed by atoms with E-state index in [2.05, 4.69) is 22.1 Å². The summed E-state index contributed by atoms with van der Waals surface area (Å²) in [5.41, 5.74) is 0.0254. The van der Waals surface area contributed by atoms with E-state index in [1.54, 1.807) is 25.1 Å². The number of carbonyl (C=O) groups excluding carboxylic acids is 1. The number of rotatable bonds is 7. The molecule has 0 aliphatic carbocycles. The molecule has 1 N–H and O–H groups in total. The minimum atomic E-state index is -0.530. The Morgan fingerprint density at radius 1 is 1.50 bits per heavy atom. The molecule has 0 saturated carbocycles. The number of para-hydroxylation sites is 2. The first-order chi connectivity index (χ1) is 11.4. The summed E-state index contributed by atoms with van der Waals surface area (Å²) in [4.78, 5) is 22.8. The molecule has 1 aromatic heterocycles. The highest BCUT2D eigenvalue weighted by Crippen LogP contribution is 2.26. The lowest BCUT2D eigenvalue weighted by Crippen LogP contribution is -2.23. The predicted octanol–water partition coefficient (Wildman–Crippen LogP) is 2.80. The van der Waals surface area contributed by atoms with Crippen LogP contribution in [0.1, 0.15) is 12.7 Å². The number of benzene rings is 1. The molecule has 2 rings (SSSR count). The van der Waals surface area contributed by atoms with Crippen LogP contribution in [0.15, 0.2) is 42.1 Å². The summed E-state index contributed by atoms with van der Waals surface area (Å²) < 4.78 is 1.84. The van der Waals surface area contributed by atoms with Crippen LogP contribution in [0.3, 0.4) is 0 Å². The number of thioether (sulfide) groups is 1. The summed E-state index contributed by atoms with van der Waals surface area (Å²) in [7, 11) is 0. The van der Waals surface area contributed by atoms with E-state index in [0.717, 1.165) is 5.82 Å². The third-order valence-electron chi connectivity index (χ3n) is 3.22. The normalized spacial score (nSPS) is 11.8. The fourth-order valence-corrected chi connectivity index (χ4v) is 2.88. The van der Waals surface area contributed by atoms with Crippen LogP contribution in [0.25, 0.3) is 0 Å². The van der Waals surface area contributed by atoms with Gasteiger partial charge in [-0.05, 0) is 19.9 Å². The maximum Gasteiger partial charge on any atom is 0.292 e. The van der Waals surface area contributed by atoms with Crippen molar-refractivity contribution in [2.75, 3.05) is 5.32 Å². The van der Waals surface area contributed by atoms with E-state index >= 15 is 0 Å². The largest absolute Gasteiger partial charge is 0.319 e. The summed E-state index contributed by atoms with van der Waals surface area (Å²) in [5, 5.41) is 21.7. The molecule has 9 heteroatoms. The Balaban J connectivity index is 2.11. The lowest BCUT2D eigenvalue weighted by atomic mass is 10.2. The first-order valence-corrected chi connectivity index (χ1v) is 8.03. The highest BCUT2D eigenvalue weighted by Gasteiger charge is 2.21. The van der Waals surface area contributed by atoms with Crippen LogP contribution in [0, 0.1) is 17.0 Å². The Bertz CT molecular complexity index is 774. The van der Waals surface area contributed by atoms with Crippen molar-refractivity contribution in [3.63, 3.8) is 0 Å². The van der Waals surface area contributed by atoms with Crippen molar-refractivity contribution in [2.24, 2.45) is 0 Å². The number of nitro benzene ring substituents is 1. The van der Waals surface area contributed by atoms with Crippen molar-refractivity contribution >= 4 is 29.0 Å². The Morgan fingerprint density at radius 2 is 2.21 bits per heavy atom. The van der Waals surface area contributed by atoms with Gasteiger partial charge in [0, 0.05) is 12.6 Å². The maximum atomic E-state index is 12.3. The van der Waals surface area contributed by atoms with Crippen molar-refractivity contribution in [1.29, 1.82) is 0 Å². The van der Waals surface area contributed by atoms with Crippen LogP contribution in [0.2, 0.25) is 0 Å². The lowest BCUT2D eigenvalue weighted by molar-refractivity contribution is -0.383. The van der Waals surface area contributed by atoms with E-state index in [9.17, 15) is 14.9 Å². The van der Waals surface area contributed by atoms with Crippen molar-refractivity contribution < 1.29 is 9.72 Å². The second kappa shape index (κ2) is 7.73. The van der Waals surface area contributed by atoms with Gasteiger partial charge >= 0.3 is 0 Å². The zero-order valence-corrected chi connectivity index (χ0v) is 14.1. The van der Waals surface area contributed by atoms with E-state index in [-0.39, 0.29) is 17.3 Å². The topological polar surface area (TPSA) is 103 Å². The smallest absolute Gasteiger partial charge is 0.292 e. The molecular formula is C15H17N5O3S. The van der Waals surface area contributed by atoms with Crippen LogP contribution in [0.5, 0.6) is 0 Å². The Labute approximate surface area is 143 Å². The number of aryl methyl sites for hydroxylation is 1. The van der Waals surface area contributed by atoms with Crippen molar-refractivity contribution in [1.82, 2.24) is 14.8 Å². The van der Waals surface area contributed by atoms with Gasteiger partial charge < -0.3 is 9.88 Å². The van der Waals surface area contributed by atoms with E-state index in [1.807, 2.05) is 11.5 Å². The third-order valence-corrected chi connectivity index (χ3v) is 4.30. The van der Waals surface area contributed by atoms with Crippen molar-refractivity contribution in [3.8, 4) is 0 Å². The summed E-state index contributed by atoms with van der Waals surface area (Å²) in [6, 6.07) is 6.02. The van der Waals surface area contributed by atoms with Crippen LogP contribution in [-0.2, 0) is 11.3 Å². The summed E-state index contributed by atoms with van der Waals surface area (Å²) in [5.74, 6) is 0.379. The summed E-state index contributed by atoms with van der Waals surface area (Å²) in [6.07, 6.45) is 1.72. The van der Waals surface area contributed by atoms with Gasteiger partial charge in [-0.15, -0.1) is 16.8 Å². The van der Waals surface area contributed by atoms with Gasteiger partial charge in [-0.2, -0.15) is 0 Å².